The van der Waals surface area contributed by atoms with E-state index >= 15 is 0 Å². The van der Waals surface area contributed by atoms with E-state index in [4.69, 9.17) is 5.48 Å². The average molecular weight is 62.1 g/mol. The van der Waals surface area contributed by atoms with Crippen molar-refractivity contribution in [3.63, 3.8) is 0 Å². The fourth-order valence-corrected chi connectivity index (χ4v) is 0. The molecule has 0 unspecified atom stereocenters. The molecule has 0 aliphatic rings. The van der Waals surface area contributed by atoms with Gasteiger partial charge < -0.3 is 0 Å². The van der Waals surface area contributed by atoms with Gasteiger partial charge in [-0.25, -0.2) is 0 Å². The van der Waals surface area contributed by atoms with Gasteiger partial charge in [0.2, 0.25) is 0 Å². The zero-order valence-corrected chi connectivity index (χ0v) is 3.00. The van der Waals surface area contributed by atoms with Crippen LogP contribution in [0.25, 0.3) is 0 Å². The first kappa shape index (κ1) is 0.735. The molecule has 0 saturated carbocycles. The summed E-state index contributed by atoms with van der Waals surface area (Å²) in [6.45, 7) is 0.604. The van der Waals surface area contributed by atoms with Gasteiger partial charge in [0.05, 0.1) is 0 Å². The summed E-state index contributed by atoms with van der Waals surface area (Å²) in [6.07, 6.45) is 0. The maximum Gasteiger partial charge on any atom is 0.0294 e. The van der Waals surface area contributed by atoms with Gasteiger partial charge in [-0.3, -0.25) is 0 Å². The van der Waals surface area contributed by atoms with Crippen LogP contribution in [-0.4, -0.2) is 0 Å². The third-order valence-corrected chi connectivity index (χ3v) is 0. The van der Waals surface area contributed by atoms with Crippen molar-refractivity contribution >= 4 is 0 Å². The quantitative estimate of drug-likeness (QED) is 0.400. The van der Waals surface area contributed by atoms with Gasteiger partial charge in [0.15, 0.2) is 0 Å². The molecular formula is C4H10. The van der Waals surface area contributed by atoms with Gasteiger partial charge in [-0.1, -0.05) is 20.7 Å². The van der Waals surface area contributed by atoms with Crippen LogP contribution in [0.4, 0.5) is 0 Å². The van der Waals surface area contributed by atoms with Crippen molar-refractivity contribution in [3.8, 4) is 0 Å². The number of hydrogen-bond donors (Lipinski definition) is 0. The molecule has 0 bridgehead atoms. The van der Waals surface area contributed by atoms with Gasteiger partial charge >= 0.3 is 0 Å². The Morgan fingerprint density at radius 1 is 2.00 bits per heavy atom. The molecular weight excluding hydrogens is 48.0 g/mol. The minimum absolute atomic E-state index is 1.31. The van der Waals surface area contributed by atoms with Gasteiger partial charge in [0.1, 0.15) is 0 Å². The Labute approximate surface area is 33.5 Å². The van der Waals surface area contributed by atoms with Crippen molar-refractivity contribution < 1.29 is 5.48 Å². The van der Waals surface area contributed by atoms with E-state index in [0.29, 0.717) is 0 Å². The molecule has 0 radical (unpaired) electrons. The second-order valence-electron chi connectivity index (χ2n) is 1.00. The average Bonchev–Trinajstić information content (AvgIpc) is 1.25. The van der Waals surface area contributed by atoms with Crippen molar-refractivity contribution in [2.75, 3.05) is 0 Å². The lowest BCUT2D eigenvalue weighted by atomic mass is 10.3. The largest absolute Gasteiger partial charge is 0.0630 e. The summed E-state index contributed by atoms with van der Waals surface area (Å²) in [4.78, 5) is 0. The van der Waals surface area contributed by atoms with Gasteiger partial charge in [-0.2, -0.15) is 0 Å². The van der Waals surface area contributed by atoms with Gasteiger partial charge in [0.25, 0.3) is 0 Å². The Balaban J connectivity index is 4.02. The Morgan fingerprint density at radius 3 is 2.25 bits per heavy atom. The third kappa shape index (κ3) is 0. The van der Waals surface area contributed by atoms with E-state index in [1.165, 1.54) is 13.8 Å². The molecule has 0 saturated heterocycles. The zero-order chi connectivity index (χ0) is 7.00. The van der Waals surface area contributed by atoms with Crippen LogP contribution in [0, 0.1) is 5.89 Å². The van der Waals surface area contributed by atoms with Crippen molar-refractivity contribution in [2.24, 2.45) is 5.89 Å². The standard InChI is InChI=1S/C4H10/c1-4(2)3/h4H,1-3H3/i1D3,4D. The predicted octanol–water partition coefficient (Wildman–Crippen LogP) is 1.66. The monoisotopic (exact) mass is 62.1 g/mol. The lowest BCUT2D eigenvalue weighted by molar-refractivity contribution is 0.737. The van der Waals surface area contributed by atoms with E-state index in [1.54, 1.807) is 0 Å². The van der Waals surface area contributed by atoms with Crippen LogP contribution in [0.3, 0.4) is 0 Å². The van der Waals surface area contributed by atoms with E-state index in [9.17, 15) is 0 Å². The Morgan fingerprint density at radius 2 is 2.25 bits per heavy atom. The minimum atomic E-state index is -2.15. The first-order valence-corrected chi connectivity index (χ1v) is 1.25. The Bertz CT molecular complexity index is 63.0. The molecule has 0 aliphatic carbocycles. The molecule has 0 aliphatic heterocycles. The summed E-state index contributed by atoms with van der Waals surface area (Å²) in [5.41, 5.74) is 0. The summed E-state index contributed by atoms with van der Waals surface area (Å²) in [5.74, 6) is -1.31. The molecule has 26 valence electrons. The van der Waals surface area contributed by atoms with Gasteiger partial charge in [0, 0.05) is 5.48 Å². The molecule has 0 aromatic carbocycles. The third-order valence-electron chi connectivity index (χ3n) is 0. The molecule has 0 fully saturated rings. The molecule has 4 heavy (non-hydrogen) atoms. The molecule has 0 aromatic rings. The molecule has 0 rings (SSSR count). The van der Waals surface area contributed by atoms with E-state index < -0.39 is 12.7 Å². The van der Waals surface area contributed by atoms with Crippen LogP contribution in [0.15, 0.2) is 0 Å². The van der Waals surface area contributed by atoms with Crippen molar-refractivity contribution in [1.29, 1.82) is 0 Å². The summed E-state index contributed by atoms with van der Waals surface area (Å²) < 4.78 is 27.2. The van der Waals surface area contributed by atoms with Gasteiger partial charge in [-0.15, -0.1) is 0 Å². The summed E-state index contributed by atoms with van der Waals surface area (Å²) >= 11 is 0. The maximum atomic E-state index is 7.02. The van der Waals surface area contributed by atoms with Crippen molar-refractivity contribution in [1.82, 2.24) is 0 Å². The molecule has 0 heteroatoms. The SMILES string of the molecule is [2H]C([2H])([2H])C([2H])(C)C. The smallest absolute Gasteiger partial charge is 0.0294 e. The zero-order valence-electron chi connectivity index (χ0n) is 7.00. The topological polar surface area (TPSA) is 0 Å². The van der Waals surface area contributed by atoms with Crippen LogP contribution < -0.4 is 0 Å². The normalized spacial score (nSPS) is 29.5. The highest BCUT2D eigenvalue weighted by atomic mass is 13.7. The van der Waals surface area contributed by atoms with E-state index in [2.05, 4.69) is 0 Å². The van der Waals surface area contributed by atoms with Crippen LogP contribution in [0.5, 0.6) is 0 Å². The molecule has 0 heterocycles. The van der Waals surface area contributed by atoms with Gasteiger partial charge in [-0.05, 0) is 5.89 Å². The molecule has 0 atom stereocenters. The Hall–Kier alpha value is 0. The fourth-order valence-electron chi connectivity index (χ4n) is 0. The van der Waals surface area contributed by atoms with Crippen LogP contribution in [-0.2, 0) is 0 Å². The highest BCUT2D eigenvalue weighted by Crippen LogP contribution is 1.81. The van der Waals surface area contributed by atoms with Crippen LogP contribution in [0.2, 0.25) is 0 Å². The van der Waals surface area contributed by atoms with Crippen molar-refractivity contribution in [2.45, 2.75) is 20.7 Å². The first-order valence-electron chi connectivity index (χ1n) is 3.25. The molecule has 0 spiro atoms. The molecule has 0 amide bonds. The highest BCUT2D eigenvalue weighted by molar-refractivity contribution is 4.20. The Kier molecular flexibility index (Phi) is 0.245. The van der Waals surface area contributed by atoms with Crippen molar-refractivity contribution in [3.05, 3.63) is 0 Å². The van der Waals surface area contributed by atoms with E-state index in [1.807, 2.05) is 0 Å². The summed E-state index contributed by atoms with van der Waals surface area (Å²) in [6, 6.07) is 0. The molecule has 0 N–H and O–H groups in total. The van der Waals surface area contributed by atoms with Crippen LogP contribution in [0.1, 0.15) is 26.2 Å². The minimum Gasteiger partial charge on any atom is -0.0630 e. The molecule has 0 aromatic heterocycles. The van der Waals surface area contributed by atoms with Crippen LogP contribution >= 0.6 is 0 Å². The highest BCUT2D eigenvalue weighted by Gasteiger charge is 1.68. The summed E-state index contributed by atoms with van der Waals surface area (Å²) in [7, 11) is 0. The second-order valence-corrected chi connectivity index (χ2v) is 1.00. The maximum absolute atomic E-state index is 7.02. The summed E-state index contributed by atoms with van der Waals surface area (Å²) in [5, 5.41) is 0. The lowest BCUT2D eigenvalue weighted by Crippen LogP contribution is -1.66. The second kappa shape index (κ2) is 1.33. The van der Waals surface area contributed by atoms with E-state index in [0.717, 1.165) is 0 Å². The number of hydrogen-bond acceptors (Lipinski definition) is 0. The fraction of sp³-hybridized carbons (Fsp3) is 1.00. The number of rotatable bonds is 0. The first-order chi connectivity index (χ1) is 3.25. The lowest BCUT2D eigenvalue weighted by Gasteiger charge is -1.79. The predicted molar refractivity (Wildman–Crippen MR) is 20.5 cm³/mol. The van der Waals surface area contributed by atoms with E-state index in [-0.39, 0.29) is 0 Å². The molecule has 0 nitrogen and oxygen atoms in total.